The van der Waals surface area contributed by atoms with Crippen LogP contribution in [-0.2, 0) is 20.0 Å². The number of hydrogen-bond acceptors (Lipinski definition) is 4. The predicted molar refractivity (Wildman–Crippen MR) is 61.3 cm³/mol. The maximum Gasteiger partial charge on any atom is 0.241 e. The van der Waals surface area contributed by atoms with Gasteiger partial charge in [-0.3, -0.25) is 4.72 Å². The molecule has 0 bridgehead atoms. The van der Waals surface area contributed by atoms with E-state index in [9.17, 15) is 16.8 Å². The normalized spacial score (nSPS) is 12.4. The minimum absolute atomic E-state index is 0.142. The lowest BCUT2D eigenvalue weighted by Crippen LogP contribution is -2.18. The monoisotopic (exact) mass is 284 g/mol. The Kier molecular flexibility index (Phi) is 3.48. The molecule has 1 aromatic carbocycles. The molecule has 0 saturated carbocycles. The lowest BCUT2D eigenvalue weighted by Gasteiger charge is -2.10. The van der Waals surface area contributed by atoms with Crippen molar-refractivity contribution in [2.75, 3.05) is 11.0 Å². The van der Waals surface area contributed by atoms with Crippen molar-refractivity contribution in [1.29, 1.82) is 0 Å². The third kappa shape index (κ3) is 3.34. The first kappa shape index (κ1) is 13.2. The summed E-state index contributed by atoms with van der Waals surface area (Å²) in [7, 11) is -7.70. The number of nitrogens with one attached hydrogen (secondary N) is 1. The van der Waals surface area contributed by atoms with Crippen LogP contribution in [-0.4, -0.2) is 23.1 Å². The van der Waals surface area contributed by atoms with Gasteiger partial charge in [0.1, 0.15) is 4.90 Å². The van der Waals surface area contributed by atoms with Gasteiger partial charge in [0.05, 0.1) is 17.0 Å². The van der Waals surface area contributed by atoms with Crippen LogP contribution in [0.15, 0.2) is 23.1 Å². The topological polar surface area (TPSA) is 106 Å². The van der Waals surface area contributed by atoms with Crippen molar-refractivity contribution in [3.8, 4) is 0 Å². The first-order valence-corrected chi connectivity index (χ1v) is 7.72. The molecule has 0 amide bonds. The SMILES string of the molecule is CS(=O)(=O)Nc1cccc(Cl)c1S(N)(=O)=O. The van der Waals surface area contributed by atoms with Gasteiger partial charge >= 0.3 is 0 Å². The van der Waals surface area contributed by atoms with Crippen LogP contribution in [0, 0.1) is 0 Å². The van der Waals surface area contributed by atoms with Gasteiger partial charge < -0.3 is 0 Å². The number of halogens is 1. The minimum atomic E-state index is -4.10. The number of sulfonamides is 2. The highest BCUT2D eigenvalue weighted by atomic mass is 35.5. The van der Waals surface area contributed by atoms with E-state index in [0.29, 0.717) is 0 Å². The highest BCUT2D eigenvalue weighted by molar-refractivity contribution is 7.92. The molecule has 0 radical (unpaired) electrons. The Balaban J connectivity index is 3.48. The number of benzene rings is 1. The molecule has 3 N–H and O–H groups in total. The second-order valence-corrected chi connectivity index (χ2v) is 6.69. The zero-order valence-corrected chi connectivity index (χ0v) is 10.5. The maximum atomic E-state index is 11.2. The number of hydrogen-bond donors (Lipinski definition) is 2. The summed E-state index contributed by atoms with van der Waals surface area (Å²) in [6, 6.07) is 3.96. The molecule has 6 nitrogen and oxygen atoms in total. The van der Waals surface area contributed by atoms with Crippen molar-refractivity contribution < 1.29 is 16.8 Å². The Morgan fingerprint density at radius 2 is 1.81 bits per heavy atom. The van der Waals surface area contributed by atoms with Crippen molar-refractivity contribution in [3.63, 3.8) is 0 Å². The molecule has 0 aliphatic rings. The van der Waals surface area contributed by atoms with E-state index in [2.05, 4.69) is 0 Å². The Morgan fingerprint density at radius 1 is 1.25 bits per heavy atom. The molecule has 1 aromatic rings. The molecular weight excluding hydrogens is 276 g/mol. The summed E-state index contributed by atoms with van der Waals surface area (Å²) >= 11 is 5.65. The average Bonchev–Trinajstić information content (AvgIpc) is 1.97. The van der Waals surface area contributed by atoms with Gasteiger partial charge in [-0.05, 0) is 12.1 Å². The van der Waals surface area contributed by atoms with E-state index in [1.807, 2.05) is 4.72 Å². The summed E-state index contributed by atoms with van der Waals surface area (Å²) in [6.07, 6.45) is 0.890. The molecule has 0 atom stereocenters. The molecule has 16 heavy (non-hydrogen) atoms. The van der Waals surface area contributed by atoms with Crippen LogP contribution in [0.1, 0.15) is 0 Å². The molecule has 0 aromatic heterocycles. The molecule has 0 aliphatic carbocycles. The van der Waals surface area contributed by atoms with E-state index in [1.165, 1.54) is 18.2 Å². The molecule has 0 saturated heterocycles. The predicted octanol–water partition coefficient (Wildman–Crippen LogP) is 0.359. The van der Waals surface area contributed by atoms with E-state index < -0.39 is 24.9 Å². The van der Waals surface area contributed by atoms with Crippen LogP contribution in [0.25, 0.3) is 0 Å². The summed E-state index contributed by atoms with van der Waals surface area (Å²) < 4.78 is 46.5. The number of rotatable bonds is 3. The molecule has 9 heteroatoms. The van der Waals surface area contributed by atoms with Crippen LogP contribution in [0.5, 0.6) is 0 Å². The van der Waals surface area contributed by atoms with Crippen LogP contribution >= 0.6 is 11.6 Å². The minimum Gasteiger partial charge on any atom is -0.282 e. The van der Waals surface area contributed by atoms with Crippen molar-refractivity contribution in [3.05, 3.63) is 23.2 Å². The first-order chi connectivity index (χ1) is 7.11. The highest BCUT2D eigenvalue weighted by Crippen LogP contribution is 2.28. The van der Waals surface area contributed by atoms with Gasteiger partial charge in [0.25, 0.3) is 0 Å². The standard InChI is InChI=1S/C7H9ClN2O4S2/c1-15(11,12)10-6-4-2-3-5(8)7(6)16(9,13)14/h2-4,10H,1H3,(H2,9,13,14). The first-order valence-electron chi connectivity index (χ1n) is 3.90. The molecule has 0 aliphatic heterocycles. The Hall–Kier alpha value is -0.830. The van der Waals surface area contributed by atoms with E-state index in [-0.39, 0.29) is 10.7 Å². The molecule has 0 unspecified atom stereocenters. The summed E-state index contributed by atoms with van der Waals surface area (Å²) in [5.41, 5.74) is -0.169. The molecule has 0 spiro atoms. The second-order valence-electron chi connectivity index (χ2n) is 3.04. The van der Waals surface area contributed by atoms with Gasteiger partial charge in [0, 0.05) is 0 Å². The van der Waals surface area contributed by atoms with Gasteiger partial charge in [-0.2, -0.15) is 0 Å². The molecule has 90 valence electrons. The smallest absolute Gasteiger partial charge is 0.241 e. The van der Waals surface area contributed by atoms with Gasteiger partial charge in [-0.1, -0.05) is 17.7 Å². The molecule has 0 heterocycles. The molecule has 0 fully saturated rings. The van der Waals surface area contributed by atoms with Gasteiger partial charge in [-0.25, -0.2) is 22.0 Å². The fourth-order valence-corrected chi connectivity index (χ4v) is 2.97. The van der Waals surface area contributed by atoms with Crippen LogP contribution < -0.4 is 9.86 Å². The summed E-state index contributed by atoms with van der Waals surface area (Å²) in [6.45, 7) is 0. The number of anilines is 1. The largest absolute Gasteiger partial charge is 0.282 e. The molecular formula is C7H9ClN2O4S2. The maximum absolute atomic E-state index is 11.2. The van der Waals surface area contributed by atoms with Crippen LogP contribution in [0.2, 0.25) is 5.02 Å². The lowest BCUT2D eigenvalue weighted by atomic mass is 10.3. The van der Waals surface area contributed by atoms with Gasteiger partial charge in [-0.15, -0.1) is 0 Å². The summed E-state index contributed by atoms with van der Waals surface area (Å²) in [5.74, 6) is 0. The van der Waals surface area contributed by atoms with E-state index >= 15 is 0 Å². The fourth-order valence-electron chi connectivity index (χ4n) is 1.08. The quantitative estimate of drug-likeness (QED) is 0.835. The second kappa shape index (κ2) is 4.21. The van der Waals surface area contributed by atoms with Crippen LogP contribution in [0.3, 0.4) is 0 Å². The zero-order valence-electron chi connectivity index (χ0n) is 8.14. The van der Waals surface area contributed by atoms with Gasteiger partial charge in [0.15, 0.2) is 0 Å². The third-order valence-electron chi connectivity index (χ3n) is 1.55. The van der Waals surface area contributed by atoms with Crippen molar-refractivity contribution >= 4 is 37.3 Å². The average molecular weight is 285 g/mol. The van der Waals surface area contributed by atoms with E-state index in [4.69, 9.17) is 16.7 Å². The van der Waals surface area contributed by atoms with E-state index in [1.54, 1.807) is 0 Å². The lowest BCUT2D eigenvalue weighted by molar-refractivity contribution is 0.598. The third-order valence-corrected chi connectivity index (χ3v) is 3.57. The highest BCUT2D eigenvalue weighted by Gasteiger charge is 2.19. The van der Waals surface area contributed by atoms with Crippen molar-refractivity contribution in [1.82, 2.24) is 0 Å². The Labute approximate surface area is 98.5 Å². The molecule has 1 rings (SSSR count). The zero-order chi connectivity index (χ0) is 12.6. The Morgan fingerprint density at radius 3 is 2.25 bits per heavy atom. The number of primary sulfonamides is 1. The number of nitrogens with two attached hydrogens (primary N) is 1. The Bertz CT molecular complexity index is 609. The van der Waals surface area contributed by atoms with E-state index in [0.717, 1.165) is 6.26 Å². The fraction of sp³-hybridized carbons (Fsp3) is 0.143. The summed E-state index contributed by atoms with van der Waals surface area (Å²) in [5, 5.41) is 4.79. The van der Waals surface area contributed by atoms with Gasteiger partial charge in [0.2, 0.25) is 20.0 Å². The van der Waals surface area contributed by atoms with Crippen LogP contribution in [0.4, 0.5) is 5.69 Å². The summed E-state index contributed by atoms with van der Waals surface area (Å²) in [4.78, 5) is -0.443. The van der Waals surface area contributed by atoms with Crippen molar-refractivity contribution in [2.24, 2.45) is 5.14 Å². The van der Waals surface area contributed by atoms with Crippen molar-refractivity contribution in [2.45, 2.75) is 4.90 Å².